The Morgan fingerprint density at radius 3 is 2.55 bits per heavy atom. The zero-order chi connectivity index (χ0) is 14.4. The smallest absolute Gasteiger partial charge is 0.119 e. The normalized spacial score (nSPS) is 15.7. The summed E-state index contributed by atoms with van der Waals surface area (Å²) in [6, 6.07) is 9.43. The summed E-state index contributed by atoms with van der Waals surface area (Å²) in [7, 11) is 0. The molecule has 0 atom stereocenters. The van der Waals surface area contributed by atoms with Crippen LogP contribution in [0.2, 0.25) is 0 Å². The third-order valence-corrected chi connectivity index (χ3v) is 4.57. The standard InChI is InChI=1S/C16H19IN2O/c1-13(10-17)19-8-6-15(7-9-19)12-20-16-4-2-14(11-18)3-5-16/h2-5,15H,1,6-10,12H2. The Balaban J connectivity index is 1.75. The number of rotatable bonds is 5. The molecule has 1 aromatic carbocycles. The third-order valence-electron chi connectivity index (χ3n) is 3.69. The summed E-state index contributed by atoms with van der Waals surface area (Å²) in [5.74, 6) is 1.46. The zero-order valence-corrected chi connectivity index (χ0v) is 13.7. The van der Waals surface area contributed by atoms with Crippen LogP contribution in [0, 0.1) is 17.2 Å². The molecule has 1 saturated heterocycles. The lowest BCUT2D eigenvalue weighted by Gasteiger charge is -2.34. The fourth-order valence-electron chi connectivity index (χ4n) is 2.34. The lowest BCUT2D eigenvalue weighted by Crippen LogP contribution is -2.35. The summed E-state index contributed by atoms with van der Waals surface area (Å²) >= 11 is 2.36. The van der Waals surface area contributed by atoms with Gasteiger partial charge in [-0.25, -0.2) is 0 Å². The molecule has 0 spiro atoms. The second-order valence-electron chi connectivity index (χ2n) is 5.08. The first-order chi connectivity index (χ1) is 9.72. The Morgan fingerprint density at radius 2 is 2.00 bits per heavy atom. The molecule has 1 heterocycles. The van der Waals surface area contributed by atoms with E-state index in [4.69, 9.17) is 10.00 Å². The van der Waals surface area contributed by atoms with Crippen molar-refractivity contribution in [3.8, 4) is 11.8 Å². The number of likely N-dealkylation sites (tertiary alicyclic amines) is 1. The predicted octanol–water partition coefficient (Wildman–Crippen LogP) is 3.60. The molecule has 106 valence electrons. The van der Waals surface area contributed by atoms with Gasteiger partial charge >= 0.3 is 0 Å². The van der Waals surface area contributed by atoms with E-state index >= 15 is 0 Å². The lowest BCUT2D eigenvalue weighted by molar-refractivity contribution is 0.165. The van der Waals surface area contributed by atoms with Gasteiger partial charge in [-0.3, -0.25) is 0 Å². The van der Waals surface area contributed by atoms with Gasteiger partial charge in [-0.05, 0) is 43.0 Å². The van der Waals surface area contributed by atoms with E-state index in [1.807, 2.05) is 12.1 Å². The highest BCUT2D eigenvalue weighted by Crippen LogP contribution is 2.22. The number of ether oxygens (including phenoxy) is 1. The van der Waals surface area contributed by atoms with Crippen LogP contribution in [0.3, 0.4) is 0 Å². The summed E-state index contributed by atoms with van der Waals surface area (Å²) in [6.07, 6.45) is 2.32. The Bertz CT molecular complexity index is 484. The van der Waals surface area contributed by atoms with E-state index in [0.29, 0.717) is 11.5 Å². The van der Waals surface area contributed by atoms with Gasteiger partial charge in [0.15, 0.2) is 0 Å². The molecule has 1 aliphatic rings. The van der Waals surface area contributed by atoms with Crippen LogP contribution in [0.1, 0.15) is 18.4 Å². The number of piperidine rings is 1. The summed E-state index contributed by atoms with van der Waals surface area (Å²) in [5, 5.41) is 8.75. The van der Waals surface area contributed by atoms with Crippen LogP contribution < -0.4 is 4.74 Å². The summed E-state index contributed by atoms with van der Waals surface area (Å²) in [5.41, 5.74) is 1.90. The SMILES string of the molecule is C=C(CI)N1CCC(COc2ccc(C#N)cc2)CC1. The van der Waals surface area contributed by atoms with E-state index in [2.05, 4.69) is 40.1 Å². The number of halogens is 1. The van der Waals surface area contributed by atoms with Gasteiger partial charge in [-0.2, -0.15) is 5.26 Å². The fraction of sp³-hybridized carbons (Fsp3) is 0.438. The number of hydrogen-bond acceptors (Lipinski definition) is 3. The van der Waals surface area contributed by atoms with Gasteiger partial charge in [-0.1, -0.05) is 29.2 Å². The number of alkyl halides is 1. The number of benzene rings is 1. The Kier molecular flexibility index (Phi) is 5.72. The molecule has 0 radical (unpaired) electrons. The van der Waals surface area contributed by atoms with Crippen molar-refractivity contribution >= 4 is 22.6 Å². The number of nitrogens with zero attached hydrogens (tertiary/aromatic N) is 2. The molecular weight excluding hydrogens is 363 g/mol. The van der Waals surface area contributed by atoms with E-state index in [1.54, 1.807) is 12.1 Å². The van der Waals surface area contributed by atoms with Gasteiger partial charge < -0.3 is 9.64 Å². The maximum Gasteiger partial charge on any atom is 0.119 e. The Hall–Kier alpha value is -1.22. The average molecular weight is 382 g/mol. The second kappa shape index (κ2) is 7.53. The van der Waals surface area contributed by atoms with Crippen molar-refractivity contribution in [2.24, 2.45) is 5.92 Å². The molecule has 0 bridgehead atoms. The summed E-state index contributed by atoms with van der Waals surface area (Å²) in [4.78, 5) is 2.38. The molecule has 0 amide bonds. The van der Waals surface area contributed by atoms with Crippen molar-refractivity contribution in [3.63, 3.8) is 0 Å². The van der Waals surface area contributed by atoms with E-state index in [9.17, 15) is 0 Å². The monoisotopic (exact) mass is 382 g/mol. The molecule has 4 heteroatoms. The molecule has 0 unspecified atom stereocenters. The van der Waals surface area contributed by atoms with Crippen LogP contribution in [-0.2, 0) is 0 Å². The molecule has 20 heavy (non-hydrogen) atoms. The fourth-order valence-corrected chi connectivity index (χ4v) is 2.82. The third kappa shape index (κ3) is 4.14. The predicted molar refractivity (Wildman–Crippen MR) is 89.0 cm³/mol. The van der Waals surface area contributed by atoms with Crippen LogP contribution >= 0.6 is 22.6 Å². The Morgan fingerprint density at radius 1 is 1.35 bits per heavy atom. The van der Waals surface area contributed by atoms with Crippen LogP contribution in [0.15, 0.2) is 36.5 Å². The lowest BCUT2D eigenvalue weighted by atomic mass is 9.97. The highest BCUT2D eigenvalue weighted by atomic mass is 127. The van der Waals surface area contributed by atoms with Gasteiger partial charge in [0, 0.05) is 23.2 Å². The van der Waals surface area contributed by atoms with Crippen LogP contribution in [0.4, 0.5) is 0 Å². The van der Waals surface area contributed by atoms with E-state index < -0.39 is 0 Å². The number of nitriles is 1. The van der Waals surface area contributed by atoms with Crippen molar-refractivity contribution in [3.05, 3.63) is 42.1 Å². The minimum absolute atomic E-state index is 0.615. The van der Waals surface area contributed by atoms with Crippen molar-refractivity contribution < 1.29 is 4.74 Å². The van der Waals surface area contributed by atoms with Gasteiger partial charge in [0.25, 0.3) is 0 Å². The van der Waals surface area contributed by atoms with Crippen molar-refractivity contribution in [2.45, 2.75) is 12.8 Å². The Labute approximate surface area is 134 Å². The van der Waals surface area contributed by atoms with Gasteiger partial charge in [0.2, 0.25) is 0 Å². The molecule has 0 aliphatic carbocycles. The van der Waals surface area contributed by atoms with E-state index in [1.165, 1.54) is 5.70 Å². The van der Waals surface area contributed by atoms with E-state index in [-0.39, 0.29) is 0 Å². The molecule has 0 aromatic heterocycles. The van der Waals surface area contributed by atoms with Crippen LogP contribution in [0.5, 0.6) is 5.75 Å². The topological polar surface area (TPSA) is 36.3 Å². The summed E-state index contributed by atoms with van der Waals surface area (Å²) < 4.78 is 6.82. The molecule has 1 aromatic rings. The van der Waals surface area contributed by atoms with Crippen molar-refractivity contribution in [2.75, 3.05) is 24.1 Å². The van der Waals surface area contributed by atoms with Crippen molar-refractivity contribution in [1.29, 1.82) is 5.26 Å². The molecule has 2 rings (SSSR count). The molecule has 3 nitrogen and oxygen atoms in total. The molecule has 1 aliphatic heterocycles. The number of allylic oxidation sites excluding steroid dienone is 1. The first-order valence-corrected chi connectivity index (χ1v) is 8.37. The maximum atomic E-state index is 8.75. The van der Waals surface area contributed by atoms with Gasteiger partial charge in [-0.15, -0.1) is 0 Å². The zero-order valence-electron chi connectivity index (χ0n) is 11.5. The average Bonchev–Trinajstić information content (AvgIpc) is 2.53. The second-order valence-corrected chi connectivity index (χ2v) is 5.84. The molecule has 0 saturated carbocycles. The highest BCUT2D eigenvalue weighted by molar-refractivity contribution is 14.1. The van der Waals surface area contributed by atoms with Crippen LogP contribution in [-0.4, -0.2) is 29.0 Å². The first kappa shape index (κ1) is 15.2. The van der Waals surface area contributed by atoms with Crippen LogP contribution in [0.25, 0.3) is 0 Å². The minimum Gasteiger partial charge on any atom is -0.493 e. The summed E-state index contributed by atoms with van der Waals surface area (Å²) in [6.45, 7) is 7.03. The van der Waals surface area contributed by atoms with E-state index in [0.717, 1.165) is 42.7 Å². The van der Waals surface area contributed by atoms with Crippen molar-refractivity contribution in [1.82, 2.24) is 4.90 Å². The quantitative estimate of drug-likeness (QED) is 0.577. The largest absolute Gasteiger partial charge is 0.493 e. The minimum atomic E-state index is 0.615. The maximum absolute atomic E-state index is 8.75. The first-order valence-electron chi connectivity index (χ1n) is 6.84. The molecule has 0 N–H and O–H groups in total. The number of hydrogen-bond donors (Lipinski definition) is 0. The molecular formula is C16H19IN2O. The molecule has 1 fully saturated rings. The highest BCUT2D eigenvalue weighted by Gasteiger charge is 2.20. The van der Waals surface area contributed by atoms with Gasteiger partial charge in [0.1, 0.15) is 5.75 Å². The van der Waals surface area contributed by atoms with Gasteiger partial charge in [0.05, 0.1) is 18.2 Å².